The summed E-state index contributed by atoms with van der Waals surface area (Å²) in [4.78, 5) is 11.3. The van der Waals surface area contributed by atoms with Gasteiger partial charge in [-0.25, -0.2) is 0 Å². The number of amides is 1. The predicted octanol–water partition coefficient (Wildman–Crippen LogP) is 0.513. The zero-order chi connectivity index (χ0) is 11.0. The molecule has 1 amide bonds. The average Bonchev–Trinajstić information content (AvgIpc) is 2.14. The van der Waals surface area contributed by atoms with Gasteiger partial charge in [0.2, 0.25) is 5.91 Å². The van der Waals surface area contributed by atoms with E-state index in [0.717, 1.165) is 6.42 Å². The molecule has 84 valence electrons. The Balaban J connectivity index is 3.83. The van der Waals surface area contributed by atoms with Crippen LogP contribution in [-0.4, -0.2) is 31.7 Å². The van der Waals surface area contributed by atoms with Crippen molar-refractivity contribution < 1.29 is 9.53 Å². The fourth-order valence-corrected chi connectivity index (χ4v) is 1.19. The zero-order valence-corrected chi connectivity index (χ0v) is 9.38. The second-order valence-electron chi connectivity index (χ2n) is 3.63. The number of hydrogen-bond donors (Lipinski definition) is 2. The minimum atomic E-state index is -0.0565. The maximum atomic E-state index is 11.3. The first-order chi connectivity index (χ1) is 6.61. The molecule has 3 N–H and O–H groups in total. The Kier molecular flexibility index (Phi) is 7.42. The van der Waals surface area contributed by atoms with Gasteiger partial charge in [0.25, 0.3) is 0 Å². The van der Waals surface area contributed by atoms with Crippen molar-refractivity contribution in [2.45, 2.75) is 33.2 Å². The topological polar surface area (TPSA) is 64.3 Å². The molecule has 14 heavy (non-hydrogen) atoms. The van der Waals surface area contributed by atoms with Gasteiger partial charge < -0.3 is 15.8 Å². The van der Waals surface area contributed by atoms with Crippen LogP contribution >= 0.6 is 0 Å². The fraction of sp³-hybridized carbons (Fsp3) is 0.900. The molecule has 0 fully saturated rings. The molecule has 0 bridgehead atoms. The van der Waals surface area contributed by atoms with Crippen molar-refractivity contribution in [1.29, 1.82) is 0 Å². The first kappa shape index (κ1) is 13.4. The summed E-state index contributed by atoms with van der Waals surface area (Å²) >= 11 is 0. The van der Waals surface area contributed by atoms with Crippen LogP contribution in [-0.2, 0) is 9.53 Å². The molecule has 0 aromatic rings. The fourth-order valence-electron chi connectivity index (χ4n) is 1.19. The molecule has 1 unspecified atom stereocenters. The van der Waals surface area contributed by atoms with Crippen LogP contribution in [0.25, 0.3) is 0 Å². The van der Waals surface area contributed by atoms with Crippen LogP contribution < -0.4 is 11.1 Å². The third-order valence-electron chi connectivity index (χ3n) is 2.07. The molecule has 0 heterocycles. The van der Waals surface area contributed by atoms with E-state index in [1.807, 2.05) is 6.92 Å². The normalized spacial score (nSPS) is 12.9. The lowest BCUT2D eigenvalue weighted by Gasteiger charge is -2.21. The van der Waals surface area contributed by atoms with Crippen LogP contribution in [0.5, 0.6) is 0 Å². The molecule has 0 aliphatic rings. The Hall–Kier alpha value is -0.610. The predicted molar refractivity (Wildman–Crippen MR) is 56.9 cm³/mol. The van der Waals surface area contributed by atoms with Crippen molar-refractivity contribution in [3.05, 3.63) is 0 Å². The number of rotatable bonds is 7. The van der Waals surface area contributed by atoms with E-state index in [1.165, 1.54) is 0 Å². The van der Waals surface area contributed by atoms with E-state index in [1.54, 1.807) is 0 Å². The van der Waals surface area contributed by atoms with Gasteiger partial charge in [0.05, 0.1) is 0 Å². The summed E-state index contributed by atoms with van der Waals surface area (Å²) < 4.78 is 5.01. The Morgan fingerprint density at radius 3 is 2.57 bits per heavy atom. The van der Waals surface area contributed by atoms with Gasteiger partial charge >= 0.3 is 0 Å². The van der Waals surface area contributed by atoms with E-state index < -0.39 is 0 Å². The van der Waals surface area contributed by atoms with Gasteiger partial charge in [0.15, 0.2) is 0 Å². The van der Waals surface area contributed by atoms with Crippen molar-refractivity contribution in [3.63, 3.8) is 0 Å². The summed E-state index contributed by atoms with van der Waals surface area (Å²) in [5.41, 5.74) is 5.46. The van der Waals surface area contributed by atoms with Crippen molar-refractivity contribution in [2.24, 2.45) is 11.7 Å². The molecule has 1 atom stereocenters. The standard InChI is InChI=1S/C10H22N2O2/c1-4-14-7-10(13)12-9(5-6-11)8(2)3/h8-9H,4-7,11H2,1-3H3,(H,12,13). The summed E-state index contributed by atoms with van der Waals surface area (Å²) in [5, 5.41) is 2.91. The molecule has 0 aromatic carbocycles. The molecule has 0 saturated heterocycles. The van der Waals surface area contributed by atoms with E-state index in [2.05, 4.69) is 19.2 Å². The van der Waals surface area contributed by atoms with Gasteiger partial charge in [-0.3, -0.25) is 4.79 Å². The lowest BCUT2D eigenvalue weighted by molar-refractivity contribution is -0.126. The van der Waals surface area contributed by atoms with E-state index in [-0.39, 0.29) is 18.6 Å². The van der Waals surface area contributed by atoms with Crippen LogP contribution in [0.4, 0.5) is 0 Å². The lowest BCUT2D eigenvalue weighted by atomic mass is 10.0. The molecular formula is C10H22N2O2. The van der Waals surface area contributed by atoms with E-state index >= 15 is 0 Å². The first-order valence-corrected chi connectivity index (χ1v) is 5.19. The van der Waals surface area contributed by atoms with Crippen LogP contribution in [0.15, 0.2) is 0 Å². The molecule has 0 aromatic heterocycles. The number of carbonyl (C=O) groups excluding carboxylic acids is 1. The number of nitrogens with one attached hydrogen (secondary N) is 1. The molecular weight excluding hydrogens is 180 g/mol. The number of carbonyl (C=O) groups is 1. The van der Waals surface area contributed by atoms with Crippen molar-refractivity contribution in [1.82, 2.24) is 5.32 Å². The second kappa shape index (κ2) is 7.76. The van der Waals surface area contributed by atoms with Crippen molar-refractivity contribution in [3.8, 4) is 0 Å². The summed E-state index contributed by atoms with van der Waals surface area (Å²) in [6.45, 7) is 7.31. The number of ether oxygens (including phenoxy) is 1. The van der Waals surface area contributed by atoms with Crippen LogP contribution in [0.2, 0.25) is 0 Å². The highest BCUT2D eigenvalue weighted by molar-refractivity contribution is 5.77. The highest BCUT2D eigenvalue weighted by Crippen LogP contribution is 2.04. The Bertz CT molecular complexity index is 160. The molecule has 0 saturated carbocycles. The molecule has 0 aliphatic carbocycles. The molecule has 0 aliphatic heterocycles. The molecule has 0 spiro atoms. The van der Waals surface area contributed by atoms with Gasteiger partial charge in [0.1, 0.15) is 6.61 Å². The van der Waals surface area contributed by atoms with Crippen LogP contribution in [0.1, 0.15) is 27.2 Å². The lowest BCUT2D eigenvalue weighted by Crippen LogP contribution is -2.41. The number of hydrogen-bond acceptors (Lipinski definition) is 3. The van der Waals surface area contributed by atoms with Crippen molar-refractivity contribution in [2.75, 3.05) is 19.8 Å². The molecule has 0 radical (unpaired) electrons. The van der Waals surface area contributed by atoms with Crippen LogP contribution in [0.3, 0.4) is 0 Å². The zero-order valence-electron chi connectivity index (χ0n) is 9.38. The molecule has 0 rings (SSSR count). The highest BCUT2D eigenvalue weighted by atomic mass is 16.5. The average molecular weight is 202 g/mol. The van der Waals surface area contributed by atoms with Gasteiger partial charge in [-0.05, 0) is 25.8 Å². The SMILES string of the molecule is CCOCC(=O)NC(CCN)C(C)C. The minimum absolute atomic E-state index is 0.0565. The monoisotopic (exact) mass is 202 g/mol. The smallest absolute Gasteiger partial charge is 0.246 e. The minimum Gasteiger partial charge on any atom is -0.372 e. The molecule has 4 heteroatoms. The number of nitrogens with two attached hydrogens (primary N) is 1. The summed E-state index contributed by atoms with van der Waals surface area (Å²) in [6, 6.07) is 0.160. The van der Waals surface area contributed by atoms with Crippen molar-refractivity contribution >= 4 is 5.91 Å². The second-order valence-corrected chi connectivity index (χ2v) is 3.63. The quantitative estimate of drug-likeness (QED) is 0.632. The van der Waals surface area contributed by atoms with E-state index in [4.69, 9.17) is 10.5 Å². The van der Waals surface area contributed by atoms with E-state index in [9.17, 15) is 4.79 Å². The first-order valence-electron chi connectivity index (χ1n) is 5.19. The largest absolute Gasteiger partial charge is 0.372 e. The summed E-state index contributed by atoms with van der Waals surface area (Å²) in [6.07, 6.45) is 0.815. The van der Waals surface area contributed by atoms with Gasteiger partial charge in [-0.15, -0.1) is 0 Å². The maximum Gasteiger partial charge on any atom is 0.246 e. The Morgan fingerprint density at radius 1 is 1.50 bits per heavy atom. The van der Waals surface area contributed by atoms with E-state index in [0.29, 0.717) is 19.1 Å². The van der Waals surface area contributed by atoms with Gasteiger partial charge in [-0.2, -0.15) is 0 Å². The van der Waals surface area contributed by atoms with Gasteiger partial charge in [0, 0.05) is 12.6 Å². The van der Waals surface area contributed by atoms with Crippen LogP contribution in [0, 0.1) is 5.92 Å². The van der Waals surface area contributed by atoms with Gasteiger partial charge in [-0.1, -0.05) is 13.8 Å². The summed E-state index contributed by atoms with van der Waals surface area (Å²) in [7, 11) is 0. The Morgan fingerprint density at radius 2 is 2.14 bits per heavy atom. The highest BCUT2D eigenvalue weighted by Gasteiger charge is 2.14. The molecule has 4 nitrogen and oxygen atoms in total. The third-order valence-corrected chi connectivity index (χ3v) is 2.07. The Labute approximate surface area is 86.2 Å². The maximum absolute atomic E-state index is 11.3. The third kappa shape index (κ3) is 5.94. The summed E-state index contributed by atoms with van der Waals surface area (Å²) in [5.74, 6) is 0.350.